The Morgan fingerprint density at radius 3 is 2.70 bits per heavy atom. The molecular formula is C23H23N3O4. The van der Waals surface area contributed by atoms with Gasteiger partial charge in [0.05, 0.1) is 23.5 Å². The van der Waals surface area contributed by atoms with Crippen LogP contribution in [0.25, 0.3) is 10.8 Å². The van der Waals surface area contributed by atoms with Gasteiger partial charge in [0, 0.05) is 12.4 Å². The maximum absolute atomic E-state index is 12.7. The highest BCUT2D eigenvalue weighted by atomic mass is 16.5. The molecule has 1 aliphatic carbocycles. The van der Waals surface area contributed by atoms with Crippen LogP contribution in [0.1, 0.15) is 35.7 Å². The molecule has 0 saturated carbocycles. The highest BCUT2D eigenvalue weighted by Gasteiger charge is 2.27. The first-order valence-corrected chi connectivity index (χ1v) is 10.00. The van der Waals surface area contributed by atoms with Crippen molar-refractivity contribution in [2.75, 3.05) is 13.7 Å². The number of ether oxygens (including phenoxy) is 1. The molecule has 0 radical (unpaired) electrons. The molecule has 0 fully saturated rings. The third kappa shape index (κ3) is 3.96. The number of rotatable bonds is 5. The predicted octanol–water partition coefficient (Wildman–Crippen LogP) is 2.54. The normalized spacial score (nSPS) is 15.4. The van der Waals surface area contributed by atoms with Crippen molar-refractivity contribution in [3.8, 4) is 0 Å². The number of carbonyl (C=O) groups is 2. The number of benzene rings is 2. The Morgan fingerprint density at radius 2 is 1.87 bits per heavy atom. The molecule has 1 aliphatic rings. The topological polar surface area (TPSA) is 92.4 Å². The van der Waals surface area contributed by atoms with Gasteiger partial charge in [-0.05, 0) is 36.5 Å². The maximum Gasteiger partial charge on any atom is 0.312 e. The van der Waals surface area contributed by atoms with E-state index in [1.807, 2.05) is 12.1 Å². The molecular weight excluding hydrogens is 382 g/mol. The van der Waals surface area contributed by atoms with Gasteiger partial charge in [-0.25, -0.2) is 5.10 Å². The molecule has 1 atom stereocenters. The van der Waals surface area contributed by atoms with Gasteiger partial charge in [-0.3, -0.25) is 14.4 Å². The zero-order chi connectivity index (χ0) is 21.1. The van der Waals surface area contributed by atoms with Gasteiger partial charge in [0.15, 0.2) is 6.61 Å². The first-order valence-electron chi connectivity index (χ1n) is 10.00. The van der Waals surface area contributed by atoms with E-state index in [0.717, 1.165) is 24.8 Å². The summed E-state index contributed by atoms with van der Waals surface area (Å²) in [5.41, 5.74) is 2.53. The molecule has 0 spiro atoms. The van der Waals surface area contributed by atoms with Crippen molar-refractivity contribution in [3.05, 3.63) is 75.7 Å². The third-order valence-electron chi connectivity index (χ3n) is 5.64. The summed E-state index contributed by atoms with van der Waals surface area (Å²) in [6, 6.07) is 15.1. The predicted molar refractivity (Wildman–Crippen MR) is 112 cm³/mol. The monoisotopic (exact) mass is 405 g/mol. The van der Waals surface area contributed by atoms with Crippen molar-refractivity contribution in [1.29, 1.82) is 0 Å². The van der Waals surface area contributed by atoms with Crippen molar-refractivity contribution in [2.45, 2.75) is 31.7 Å². The van der Waals surface area contributed by atoms with E-state index in [9.17, 15) is 14.4 Å². The van der Waals surface area contributed by atoms with Crippen LogP contribution in [0, 0.1) is 0 Å². The maximum atomic E-state index is 12.7. The van der Waals surface area contributed by atoms with Crippen molar-refractivity contribution in [1.82, 2.24) is 15.1 Å². The van der Waals surface area contributed by atoms with Crippen molar-refractivity contribution in [2.24, 2.45) is 0 Å². The van der Waals surface area contributed by atoms with Gasteiger partial charge in [0.2, 0.25) is 0 Å². The van der Waals surface area contributed by atoms with E-state index in [0.29, 0.717) is 16.5 Å². The summed E-state index contributed by atoms with van der Waals surface area (Å²) in [4.78, 5) is 38.5. The second-order valence-electron chi connectivity index (χ2n) is 7.49. The van der Waals surface area contributed by atoms with Crippen molar-refractivity contribution >= 4 is 22.6 Å². The fourth-order valence-corrected chi connectivity index (χ4v) is 4.04. The molecule has 30 heavy (non-hydrogen) atoms. The number of hydrogen-bond donors (Lipinski definition) is 1. The molecule has 1 heterocycles. The van der Waals surface area contributed by atoms with E-state index in [4.69, 9.17) is 4.74 Å². The second kappa shape index (κ2) is 8.49. The molecule has 0 saturated heterocycles. The Morgan fingerprint density at radius 1 is 1.13 bits per heavy atom. The molecule has 0 bridgehead atoms. The van der Waals surface area contributed by atoms with Crippen LogP contribution in [0.4, 0.5) is 0 Å². The van der Waals surface area contributed by atoms with Crippen LogP contribution in [0.5, 0.6) is 0 Å². The smallest absolute Gasteiger partial charge is 0.312 e. The van der Waals surface area contributed by atoms with E-state index >= 15 is 0 Å². The minimum atomic E-state index is -0.564. The summed E-state index contributed by atoms with van der Waals surface area (Å²) < 4.78 is 5.22. The second-order valence-corrected chi connectivity index (χ2v) is 7.49. The molecule has 1 N–H and O–H groups in total. The summed E-state index contributed by atoms with van der Waals surface area (Å²) in [5.74, 6) is -0.810. The van der Waals surface area contributed by atoms with Crippen LogP contribution >= 0.6 is 0 Å². The standard InChI is InChI=1S/C23H23N3O4/c1-26(20-12-6-8-15-7-2-3-9-16(15)20)21(27)14-30-22(28)13-19-17-10-4-5-11-18(17)23(29)25-24-19/h2-5,7,9-11,20H,6,8,12-14H2,1H3,(H,25,29)/t20-/m1/s1. The van der Waals surface area contributed by atoms with E-state index in [2.05, 4.69) is 22.3 Å². The summed E-state index contributed by atoms with van der Waals surface area (Å²) in [7, 11) is 1.75. The highest BCUT2D eigenvalue weighted by Crippen LogP contribution is 2.33. The minimum Gasteiger partial charge on any atom is -0.455 e. The van der Waals surface area contributed by atoms with Crippen LogP contribution in [0.2, 0.25) is 0 Å². The molecule has 0 unspecified atom stereocenters. The molecule has 0 aliphatic heterocycles. The van der Waals surface area contributed by atoms with Gasteiger partial charge in [-0.15, -0.1) is 0 Å². The molecule has 1 amide bonds. The van der Waals surface area contributed by atoms with Gasteiger partial charge in [0.1, 0.15) is 0 Å². The fourth-order valence-electron chi connectivity index (χ4n) is 4.04. The minimum absolute atomic E-state index is 0.00837. The number of esters is 1. The van der Waals surface area contributed by atoms with E-state index < -0.39 is 5.97 Å². The first kappa shape index (κ1) is 19.8. The number of nitrogens with one attached hydrogen (secondary N) is 1. The Hall–Kier alpha value is -3.48. The van der Waals surface area contributed by atoms with E-state index in [1.54, 1.807) is 36.2 Å². The number of nitrogens with zero attached hydrogens (tertiary/aromatic N) is 2. The number of hydrogen-bond acceptors (Lipinski definition) is 5. The Kier molecular flexibility index (Phi) is 5.61. The van der Waals surface area contributed by atoms with Crippen LogP contribution in [-0.4, -0.2) is 40.6 Å². The summed E-state index contributed by atoms with van der Waals surface area (Å²) in [5, 5.41) is 7.43. The first-order chi connectivity index (χ1) is 14.5. The molecule has 3 aromatic rings. The molecule has 7 nitrogen and oxygen atoms in total. The van der Waals surface area contributed by atoms with Gasteiger partial charge < -0.3 is 9.64 Å². The number of likely N-dealkylation sites (N-methyl/N-ethyl adjacent to an activating group) is 1. The molecule has 7 heteroatoms. The zero-order valence-electron chi connectivity index (χ0n) is 16.8. The molecule has 4 rings (SSSR count). The lowest BCUT2D eigenvalue weighted by Gasteiger charge is -2.33. The number of fused-ring (bicyclic) bond motifs is 2. The number of aromatic amines is 1. The van der Waals surface area contributed by atoms with Gasteiger partial charge in [0.25, 0.3) is 11.5 Å². The molecule has 154 valence electrons. The van der Waals surface area contributed by atoms with E-state index in [-0.39, 0.29) is 30.5 Å². The summed E-state index contributed by atoms with van der Waals surface area (Å²) >= 11 is 0. The third-order valence-corrected chi connectivity index (χ3v) is 5.64. The highest BCUT2D eigenvalue weighted by molar-refractivity contribution is 5.87. The van der Waals surface area contributed by atoms with Crippen LogP contribution in [0.15, 0.2) is 53.3 Å². The Labute approximate surface area is 173 Å². The van der Waals surface area contributed by atoms with Crippen molar-refractivity contribution in [3.63, 3.8) is 0 Å². The number of H-pyrrole nitrogens is 1. The van der Waals surface area contributed by atoms with E-state index in [1.165, 1.54) is 5.56 Å². The Bertz CT molecular complexity index is 1150. The largest absolute Gasteiger partial charge is 0.455 e. The molecule has 1 aromatic heterocycles. The SMILES string of the molecule is CN(C(=O)COC(=O)Cc1n[nH]c(=O)c2ccccc12)[C@@H]1CCCc2ccccc21. The lowest BCUT2D eigenvalue weighted by atomic mass is 9.87. The summed E-state index contributed by atoms with van der Waals surface area (Å²) in [6.45, 7) is -0.324. The fraction of sp³-hybridized carbons (Fsp3) is 0.304. The van der Waals surface area contributed by atoms with Crippen LogP contribution in [-0.2, 0) is 27.2 Å². The average molecular weight is 405 g/mol. The van der Waals surface area contributed by atoms with Crippen LogP contribution < -0.4 is 5.56 Å². The average Bonchev–Trinajstić information content (AvgIpc) is 2.78. The van der Waals surface area contributed by atoms with Gasteiger partial charge >= 0.3 is 5.97 Å². The number of aromatic nitrogens is 2. The Balaban J connectivity index is 1.40. The number of amides is 1. The van der Waals surface area contributed by atoms with Crippen molar-refractivity contribution < 1.29 is 14.3 Å². The van der Waals surface area contributed by atoms with Gasteiger partial charge in [-0.2, -0.15) is 5.10 Å². The quantitative estimate of drug-likeness (QED) is 0.659. The zero-order valence-corrected chi connectivity index (χ0v) is 16.8. The lowest BCUT2D eigenvalue weighted by molar-refractivity contribution is -0.152. The van der Waals surface area contributed by atoms with Crippen LogP contribution in [0.3, 0.4) is 0 Å². The molecule has 2 aromatic carbocycles. The summed E-state index contributed by atoms with van der Waals surface area (Å²) in [6.07, 6.45) is 2.80. The van der Waals surface area contributed by atoms with Gasteiger partial charge in [-0.1, -0.05) is 42.5 Å². The number of carbonyl (C=O) groups excluding carboxylic acids is 2. The number of aryl methyl sites for hydroxylation is 1. The lowest BCUT2D eigenvalue weighted by Crippen LogP contribution is -2.36.